The lowest BCUT2D eigenvalue weighted by atomic mass is 10.3. The van der Waals surface area contributed by atoms with Gasteiger partial charge in [-0.15, -0.1) is 0 Å². The van der Waals surface area contributed by atoms with E-state index in [0.29, 0.717) is 5.82 Å². The van der Waals surface area contributed by atoms with Gasteiger partial charge in [-0.2, -0.15) is 18.2 Å². The average molecular weight is 368 g/mol. The third-order valence-corrected chi connectivity index (χ3v) is 3.76. The summed E-state index contributed by atoms with van der Waals surface area (Å²) in [4.78, 5) is 25.4. The molecule has 2 N–H and O–H groups in total. The van der Waals surface area contributed by atoms with E-state index in [4.69, 9.17) is 5.11 Å². The van der Waals surface area contributed by atoms with Crippen molar-refractivity contribution < 1.29 is 23.1 Å². The van der Waals surface area contributed by atoms with Gasteiger partial charge in [-0.1, -0.05) is 6.07 Å². The lowest BCUT2D eigenvalue weighted by Gasteiger charge is -2.33. The highest BCUT2D eigenvalue weighted by atomic mass is 19.4. The molecule has 0 unspecified atom stereocenters. The monoisotopic (exact) mass is 368 g/mol. The van der Waals surface area contributed by atoms with Gasteiger partial charge in [-0.3, -0.25) is 0 Å². The summed E-state index contributed by atoms with van der Waals surface area (Å²) in [6.07, 6.45) is -4.20. The SMILES string of the molecule is O=C(O)N1CCN(c2nc(Nc3ccccn3)cc(C(F)(F)F)n2)CC1. The Bertz CT molecular complexity index is 779. The molecule has 1 amide bonds. The fourth-order valence-corrected chi connectivity index (χ4v) is 2.45. The molecule has 0 atom stereocenters. The van der Waals surface area contributed by atoms with Gasteiger partial charge in [-0.05, 0) is 12.1 Å². The second kappa shape index (κ2) is 7.02. The number of amides is 1. The number of alkyl halides is 3. The van der Waals surface area contributed by atoms with E-state index < -0.39 is 18.0 Å². The minimum Gasteiger partial charge on any atom is -0.465 e. The van der Waals surface area contributed by atoms with Gasteiger partial charge in [0.25, 0.3) is 0 Å². The molecule has 26 heavy (non-hydrogen) atoms. The number of nitrogens with one attached hydrogen (secondary N) is 1. The molecule has 8 nitrogen and oxygen atoms in total. The van der Waals surface area contributed by atoms with Crippen molar-refractivity contribution in [1.82, 2.24) is 19.9 Å². The van der Waals surface area contributed by atoms with Crippen LogP contribution in [0.25, 0.3) is 0 Å². The zero-order chi connectivity index (χ0) is 18.7. The van der Waals surface area contributed by atoms with Crippen LogP contribution in [0.15, 0.2) is 30.5 Å². The van der Waals surface area contributed by atoms with Gasteiger partial charge >= 0.3 is 12.3 Å². The molecule has 0 aromatic carbocycles. The van der Waals surface area contributed by atoms with Crippen LogP contribution < -0.4 is 10.2 Å². The quantitative estimate of drug-likeness (QED) is 0.859. The Labute approximate surface area is 146 Å². The van der Waals surface area contributed by atoms with Gasteiger partial charge < -0.3 is 20.2 Å². The van der Waals surface area contributed by atoms with E-state index in [9.17, 15) is 18.0 Å². The lowest BCUT2D eigenvalue weighted by Crippen LogP contribution is -2.49. The Morgan fingerprint density at radius 1 is 1.12 bits per heavy atom. The van der Waals surface area contributed by atoms with Crippen molar-refractivity contribution in [3.05, 3.63) is 36.2 Å². The molecular weight excluding hydrogens is 353 g/mol. The number of carboxylic acid groups (broad SMARTS) is 1. The smallest absolute Gasteiger partial charge is 0.433 e. The summed E-state index contributed by atoms with van der Waals surface area (Å²) in [5.41, 5.74) is -1.08. The third-order valence-electron chi connectivity index (χ3n) is 3.76. The Morgan fingerprint density at radius 3 is 2.42 bits per heavy atom. The Hall–Kier alpha value is -3.11. The van der Waals surface area contributed by atoms with E-state index in [1.807, 2.05) is 0 Å². The zero-order valence-electron chi connectivity index (χ0n) is 13.4. The summed E-state index contributed by atoms with van der Waals surface area (Å²) in [6, 6.07) is 5.78. The van der Waals surface area contributed by atoms with E-state index in [2.05, 4.69) is 20.3 Å². The van der Waals surface area contributed by atoms with Crippen LogP contribution >= 0.6 is 0 Å². The molecule has 0 spiro atoms. The van der Waals surface area contributed by atoms with E-state index >= 15 is 0 Å². The number of hydrogen-bond donors (Lipinski definition) is 2. The molecule has 3 heterocycles. The number of aromatic nitrogens is 3. The van der Waals surface area contributed by atoms with Gasteiger partial charge in [-0.25, -0.2) is 14.8 Å². The molecule has 1 saturated heterocycles. The van der Waals surface area contributed by atoms with E-state index in [-0.39, 0.29) is 37.9 Å². The van der Waals surface area contributed by atoms with Crippen molar-refractivity contribution in [2.75, 3.05) is 36.4 Å². The van der Waals surface area contributed by atoms with Crippen molar-refractivity contribution in [3.63, 3.8) is 0 Å². The van der Waals surface area contributed by atoms with Crippen LogP contribution in [0.4, 0.5) is 35.5 Å². The largest absolute Gasteiger partial charge is 0.465 e. The normalized spacial score (nSPS) is 15.0. The number of halogens is 3. The van der Waals surface area contributed by atoms with Crippen molar-refractivity contribution >= 4 is 23.7 Å². The van der Waals surface area contributed by atoms with Crippen molar-refractivity contribution in [2.24, 2.45) is 0 Å². The molecule has 2 aromatic rings. The van der Waals surface area contributed by atoms with Crippen LogP contribution in [0.3, 0.4) is 0 Å². The van der Waals surface area contributed by atoms with Crippen LogP contribution in [0.5, 0.6) is 0 Å². The minimum atomic E-state index is -4.64. The number of anilines is 3. The van der Waals surface area contributed by atoms with Crippen molar-refractivity contribution in [1.29, 1.82) is 0 Å². The molecule has 2 aromatic heterocycles. The number of nitrogens with zero attached hydrogens (tertiary/aromatic N) is 5. The molecule has 0 bridgehead atoms. The average Bonchev–Trinajstić information content (AvgIpc) is 2.61. The predicted molar refractivity (Wildman–Crippen MR) is 86.4 cm³/mol. The first-order chi connectivity index (χ1) is 12.3. The maximum atomic E-state index is 13.2. The maximum Gasteiger partial charge on any atom is 0.433 e. The Balaban J connectivity index is 1.87. The first-order valence-corrected chi connectivity index (χ1v) is 7.70. The Kier molecular flexibility index (Phi) is 4.78. The highest BCUT2D eigenvalue weighted by molar-refractivity contribution is 5.65. The van der Waals surface area contributed by atoms with Gasteiger partial charge in [0.1, 0.15) is 11.6 Å². The molecular formula is C15H15F3N6O2. The molecule has 0 aliphatic carbocycles. The summed E-state index contributed by atoms with van der Waals surface area (Å²) in [6.45, 7) is 0.739. The number of hydrogen-bond acceptors (Lipinski definition) is 6. The molecule has 0 saturated carbocycles. The topological polar surface area (TPSA) is 94.5 Å². The number of carbonyl (C=O) groups is 1. The highest BCUT2D eigenvalue weighted by Gasteiger charge is 2.34. The molecule has 1 aliphatic heterocycles. The van der Waals surface area contributed by atoms with Crippen LogP contribution in [0.1, 0.15) is 5.69 Å². The molecule has 1 aliphatic rings. The first-order valence-electron chi connectivity index (χ1n) is 7.70. The van der Waals surface area contributed by atoms with Crippen LogP contribution in [-0.4, -0.2) is 57.2 Å². The zero-order valence-corrected chi connectivity index (χ0v) is 13.4. The number of piperazine rings is 1. The number of rotatable bonds is 3. The fourth-order valence-electron chi connectivity index (χ4n) is 2.45. The van der Waals surface area contributed by atoms with E-state index in [1.54, 1.807) is 18.2 Å². The summed E-state index contributed by atoms with van der Waals surface area (Å²) in [7, 11) is 0. The fraction of sp³-hybridized carbons (Fsp3) is 0.333. The van der Waals surface area contributed by atoms with Crippen LogP contribution in [0.2, 0.25) is 0 Å². The third kappa shape index (κ3) is 4.10. The summed E-state index contributed by atoms with van der Waals surface area (Å²) < 4.78 is 39.6. The van der Waals surface area contributed by atoms with E-state index in [0.717, 1.165) is 6.07 Å². The van der Waals surface area contributed by atoms with Crippen LogP contribution in [-0.2, 0) is 6.18 Å². The summed E-state index contributed by atoms with van der Waals surface area (Å²) >= 11 is 0. The Morgan fingerprint density at radius 2 is 1.85 bits per heavy atom. The summed E-state index contributed by atoms with van der Waals surface area (Å²) in [5.74, 6) is 0.200. The molecule has 11 heteroatoms. The number of pyridine rings is 1. The molecule has 0 radical (unpaired) electrons. The molecule has 138 valence electrons. The van der Waals surface area contributed by atoms with E-state index in [1.165, 1.54) is 16.0 Å². The van der Waals surface area contributed by atoms with Gasteiger partial charge in [0.2, 0.25) is 5.95 Å². The highest BCUT2D eigenvalue weighted by Crippen LogP contribution is 2.31. The standard InChI is InChI=1S/C15H15F3N6O2/c16-15(17,18)10-9-12(21-11-3-1-2-4-19-11)22-13(20-10)23-5-7-24(8-6-23)14(25)26/h1-4,9H,5-8H2,(H,25,26)(H,19,20,21,22). The van der Waals surface area contributed by atoms with Crippen molar-refractivity contribution in [3.8, 4) is 0 Å². The molecule has 3 rings (SSSR count). The first kappa shape index (κ1) is 17.7. The predicted octanol–water partition coefficient (Wildman–Crippen LogP) is 2.43. The lowest BCUT2D eigenvalue weighted by molar-refractivity contribution is -0.141. The van der Waals surface area contributed by atoms with Gasteiger partial charge in [0, 0.05) is 38.4 Å². The maximum absolute atomic E-state index is 13.2. The minimum absolute atomic E-state index is 0.0401. The van der Waals surface area contributed by atoms with Gasteiger partial charge in [0.05, 0.1) is 0 Å². The molecule has 1 fully saturated rings. The van der Waals surface area contributed by atoms with Crippen molar-refractivity contribution in [2.45, 2.75) is 6.18 Å². The summed E-state index contributed by atoms with van der Waals surface area (Å²) in [5, 5.41) is 11.7. The van der Waals surface area contributed by atoms with Crippen LogP contribution in [0, 0.1) is 0 Å². The second-order valence-corrected chi connectivity index (χ2v) is 5.53. The van der Waals surface area contributed by atoms with Gasteiger partial charge in [0.15, 0.2) is 5.69 Å². The second-order valence-electron chi connectivity index (χ2n) is 5.53.